The van der Waals surface area contributed by atoms with Crippen molar-refractivity contribution >= 4 is 33.1 Å². The minimum atomic E-state index is -1.33. The van der Waals surface area contributed by atoms with Crippen LogP contribution < -0.4 is 4.74 Å². The van der Waals surface area contributed by atoms with Crippen LogP contribution in [0.2, 0.25) is 0 Å². The second-order valence-electron chi connectivity index (χ2n) is 3.40. The fraction of sp³-hybridized carbons (Fsp3) is 0.182. The zero-order valence-electron chi connectivity index (χ0n) is 8.70. The van der Waals surface area contributed by atoms with Gasteiger partial charge in [-0.25, -0.2) is 4.79 Å². The van der Waals surface area contributed by atoms with Gasteiger partial charge in [0.2, 0.25) is 0 Å². The van der Waals surface area contributed by atoms with E-state index in [1.807, 2.05) is 13.8 Å². The number of benzene rings is 1. The van der Waals surface area contributed by atoms with Gasteiger partial charge in [0.05, 0.1) is 9.86 Å². The molecular weight excluding hydrogens is 276 g/mol. The summed E-state index contributed by atoms with van der Waals surface area (Å²) in [5.74, 6) is 1.04. The van der Waals surface area contributed by atoms with Gasteiger partial charge in [-0.15, -0.1) is 0 Å². The van der Waals surface area contributed by atoms with E-state index in [1.165, 1.54) is 0 Å². The maximum Gasteiger partial charge on any atom is 0.511 e. The third-order valence-electron chi connectivity index (χ3n) is 2.43. The lowest BCUT2D eigenvalue weighted by Crippen LogP contribution is -2.03. The van der Waals surface area contributed by atoms with E-state index in [2.05, 4.69) is 15.9 Å². The number of halogens is 1. The summed E-state index contributed by atoms with van der Waals surface area (Å²) in [6.45, 7) is 3.69. The Morgan fingerprint density at radius 3 is 2.75 bits per heavy atom. The standard InChI is InChI=1S/C11H9BrO4/c1-5-6(2)15-10-7(12)3-4-8(9(5)10)16-11(13)14/h3-4H,1-2H3,(H,13,14). The molecule has 5 heteroatoms. The molecule has 0 amide bonds. The quantitative estimate of drug-likeness (QED) is 0.638. The Hall–Kier alpha value is -1.49. The van der Waals surface area contributed by atoms with Crippen molar-refractivity contribution in [1.29, 1.82) is 0 Å². The molecule has 0 aliphatic rings. The summed E-state index contributed by atoms with van der Waals surface area (Å²) in [5, 5.41) is 9.32. The van der Waals surface area contributed by atoms with Crippen LogP contribution in [0.3, 0.4) is 0 Å². The summed E-state index contributed by atoms with van der Waals surface area (Å²) in [5.41, 5.74) is 1.49. The minimum Gasteiger partial charge on any atom is -0.460 e. The molecule has 0 spiro atoms. The molecule has 0 atom stereocenters. The van der Waals surface area contributed by atoms with Crippen LogP contribution in [0.25, 0.3) is 11.0 Å². The van der Waals surface area contributed by atoms with Crippen molar-refractivity contribution in [1.82, 2.24) is 0 Å². The maximum atomic E-state index is 10.6. The van der Waals surface area contributed by atoms with Crippen LogP contribution in [0.5, 0.6) is 5.75 Å². The van der Waals surface area contributed by atoms with Gasteiger partial charge in [0, 0.05) is 5.56 Å². The van der Waals surface area contributed by atoms with Crippen molar-refractivity contribution < 1.29 is 19.1 Å². The number of ether oxygens (including phenoxy) is 1. The Balaban J connectivity index is 2.75. The topological polar surface area (TPSA) is 59.7 Å². The van der Waals surface area contributed by atoms with Gasteiger partial charge in [-0.1, -0.05) is 0 Å². The van der Waals surface area contributed by atoms with Gasteiger partial charge in [-0.3, -0.25) is 0 Å². The van der Waals surface area contributed by atoms with E-state index >= 15 is 0 Å². The largest absolute Gasteiger partial charge is 0.511 e. The van der Waals surface area contributed by atoms with Gasteiger partial charge in [0.25, 0.3) is 0 Å². The molecule has 0 saturated heterocycles. The third kappa shape index (κ3) is 1.67. The van der Waals surface area contributed by atoms with Gasteiger partial charge in [-0.2, -0.15) is 0 Å². The monoisotopic (exact) mass is 284 g/mol. The normalized spacial score (nSPS) is 10.7. The zero-order chi connectivity index (χ0) is 11.9. The second kappa shape index (κ2) is 3.83. The van der Waals surface area contributed by atoms with E-state index in [-0.39, 0.29) is 0 Å². The minimum absolute atomic E-state index is 0.292. The van der Waals surface area contributed by atoms with Crippen molar-refractivity contribution in [3.63, 3.8) is 0 Å². The average Bonchev–Trinajstić information content (AvgIpc) is 2.49. The summed E-state index contributed by atoms with van der Waals surface area (Å²) >= 11 is 3.35. The van der Waals surface area contributed by atoms with Crippen LogP contribution in [0.4, 0.5) is 4.79 Å². The first-order chi connectivity index (χ1) is 7.50. The van der Waals surface area contributed by atoms with Crippen molar-refractivity contribution in [3.8, 4) is 5.75 Å². The van der Waals surface area contributed by atoms with E-state index in [1.54, 1.807) is 12.1 Å². The molecule has 0 bridgehead atoms. The van der Waals surface area contributed by atoms with Crippen LogP contribution in [0.1, 0.15) is 11.3 Å². The van der Waals surface area contributed by atoms with Crippen LogP contribution >= 0.6 is 15.9 Å². The molecule has 0 saturated carbocycles. The van der Waals surface area contributed by atoms with E-state index < -0.39 is 6.16 Å². The molecule has 0 aliphatic carbocycles. The average molecular weight is 285 g/mol. The molecular formula is C11H9BrO4. The molecule has 84 valence electrons. The van der Waals surface area contributed by atoms with Crippen LogP contribution in [-0.2, 0) is 0 Å². The lowest BCUT2D eigenvalue weighted by atomic mass is 10.1. The predicted octanol–water partition coefficient (Wildman–Crippen LogP) is 3.87. The van der Waals surface area contributed by atoms with E-state index in [0.717, 1.165) is 15.8 Å². The molecule has 1 aromatic carbocycles. The lowest BCUT2D eigenvalue weighted by molar-refractivity contribution is 0.145. The molecule has 4 nitrogen and oxygen atoms in total. The Morgan fingerprint density at radius 2 is 2.12 bits per heavy atom. The van der Waals surface area contributed by atoms with E-state index in [9.17, 15) is 4.79 Å². The first kappa shape index (κ1) is 11.0. The van der Waals surface area contributed by atoms with Crippen molar-refractivity contribution in [2.75, 3.05) is 0 Å². The molecule has 2 rings (SSSR count). The molecule has 0 fully saturated rings. The van der Waals surface area contributed by atoms with Crippen LogP contribution in [0.15, 0.2) is 21.0 Å². The van der Waals surface area contributed by atoms with Gasteiger partial charge in [0.15, 0.2) is 5.58 Å². The predicted molar refractivity (Wildman–Crippen MR) is 62.0 cm³/mol. The zero-order valence-corrected chi connectivity index (χ0v) is 10.3. The van der Waals surface area contributed by atoms with E-state index in [4.69, 9.17) is 14.3 Å². The highest BCUT2D eigenvalue weighted by Crippen LogP contribution is 2.37. The summed E-state index contributed by atoms with van der Waals surface area (Å²) < 4.78 is 11.0. The Bertz CT molecular complexity index is 571. The Labute approximate surface area is 99.9 Å². The first-order valence-corrected chi connectivity index (χ1v) is 5.39. The number of hydrogen-bond acceptors (Lipinski definition) is 3. The fourth-order valence-electron chi connectivity index (χ4n) is 1.58. The van der Waals surface area contributed by atoms with Gasteiger partial charge in [-0.05, 0) is 41.9 Å². The molecule has 1 aromatic heterocycles. The summed E-state index contributed by atoms with van der Waals surface area (Å²) in [6, 6.07) is 3.30. The van der Waals surface area contributed by atoms with Crippen molar-refractivity contribution in [2.24, 2.45) is 0 Å². The molecule has 0 radical (unpaired) electrons. The molecule has 0 unspecified atom stereocenters. The number of furan rings is 1. The second-order valence-corrected chi connectivity index (χ2v) is 4.26. The molecule has 2 aromatic rings. The summed E-state index contributed by atoms with van der Waals surface area (Å²) in [6.07, 6.45) is -1.33. The number of carbonyl (C=O) groups is 1. The number of aryl methyl sites for hydroxylation is 2. The third-order valence-corrected chi connectivity index (χ3v) is 3.05. The molecule has 1 N–H and O–H groups in total. The Morgan fingerprint density at radius 1 is 1.44 bits per heavy atom. The fourth-order valence-corrected chi connectivity index (χ4v) is 1.99. The van der Waals surface area contributed by atoms with Crippen LogP contribution in [-0.4, -0.2) is 11.3 Å². The molecule has 1 heterocycles. The number of rotatable bonds is 1. The molecule has 0 aliphatic heterocycles. The lowest BCUT2D eigenvalue weighted by Gasteiger charge is -2.02. The maximum absolute atomic E-state index is 10.6. The number of fused-ring (bicyclic) bond motifs is 1. The van der Waals surface area contributed by atoms with Gasteiger partial charge < -0.3 is 14.3 Å². The molecule has 16 heavy (non-hydrogen) atoms. The number of carboxylic acid groups (broad SMARTS) is 1. The smallest absolute Gasteiger partial charge is 0.460 e. The SMILES string of the molecule is Cc1oc2c(Br)ccc(OC(=O)O)c2c1C. The Kier molecular flexibility index (Phi) is 2.63. The summed E-state index contributed by atoms with van der Waals surface area (Å²) in [4.78, 5) is 10.6. The highest BCUT2D eigenvalue weighted by molar-refractivity contribution is 9.10. The van der Waals surface area contributed by atoms with Crippen molar-refractivity contribution in [3.05, 3.63) is 27.9 Å². The number of hydrogen-bond donors (Lipinski definition) is 1. The highest BCUT2D eigenvalue weighted by Gasteiger charge is 2.16. The van der Waals surface area contributed by atoms with Gasteiger partial charge in [0.1, 0.15) is 11.5 Å². The van der Waals surface area contributed by atoms with Crippen molar-refractivity contribution in [2.45, 2.75) is 13.8 Å². The first-order valence-electron chi connectivity index (χ1n) is 4.59. The highest BCUT2D eigenvalue weighted by atomic mass is 79.9. The van der Waals surface area contributed by atoms with Gasteiger partial charge >= 0.3 is 6.16 Å². The summed E-state index contributed by atoms with van der Waals surface area (Å²) in [7, 11) is 0. The van der Waals surface area contributed by atoms with Crippen LogP contribution in [0, 0.1) is 13.8 Å². The van der Waals surface area contributed by atoms with E-state index in [0.29, 0.717) is 16.7 Å².